The van der Waals surface area contributed by atoms with Crippen molar-refractivity contribution in [1.29, 1.82) is 0 Å². The molecule has 152 valence electrons. The second kappa shape index (κ2) is 8.44. The van der Waals surface area contributed by atoms with Gasteiger partial charge < -0.3 is 0 Å². The lowest BCUT2D eigenvalue weighted by molar-refractivity contribution is -0.114. The highest BCUT2D eigenvalue weighted by Gasteiger charge is 2.22. The number of hydrogen-bond donors (Lipinski definition) is 1. The summed E-state index contributed by atoms with van der Waals surface area (Å²) in [7, 11) is -3.82. The van der Waals surface area contributed by atoms with Gasteiger partial charge in [0.2, 0.25) is 21.1 Å². The lowest BCUT2D eigenvalue weighted by Crippen LogP contribution is -2.37. The van der Waals surface area contributed by atoms with Gasteiger partial charge in [0.1, 0.15) is 17.4 Å². The Labute approximate surface area is 176 Å². The first-order valence-electron chi connectivity index (χ1n) is 8.26. The van der Waals surface area contributed by atoms with Crippen molar-refractivity contribution in [3.05, 3.63) is 58.9 Å². The Bertz CT molecular complexity index is 1150. The van der Waals surface area contributed by atoms with Crippen molar-refractivity contribution < 1.29 is 17.6 Å². The number of carbonyl (C=O) groups excluding carboxylic acids is 1. The number of nitrogens with one attached hydrogen (secondary N) is 1. The molecule has 0 aliphatic rings. The van der Waals surface area contributed by atoms with Gasteiger partial charge in [-0.1, -0.05) is 52.8 Å². The number of rotatable bonds is 6. The van der Waals surface area contributed by atoms with Crippen molar-refractivity contribution in [2.24, 2.45) is 0 Å². The summed E-state index contributed by atoms with van der Waals surface area (Å²) in [5.41, 5.74) is 2.03. The fourth-order valence-electron chi connectivity index (χ4n) is 2.42. The maximum atomic E-state index is 13.4. The number of aromatic nitrogens is 2. The molecule has 0 aliphatic heterocycles. The molecular formula is C18H16ClFN4O3S2. The summed E-state index contributed by atoms with van der Waals surface area (Å²) in [6.07, 6.45) is 0.942. The molecule has 0 bridgehead atoms. The Kier molecular flexibility index (Phi) is 6.15. The maximum Gasteiger partial charge on any atom is 0.246 e. The van der Waals surface area contributed by atoms with E-state index < -0.39 is 28.3 Å². The monoisotopic (exact) mass is 454 g/mol. The summed E-state index contributed by atoms with van der Waals surface area (Å²) in [5, 5.41) is 11.1. The fraction of sp³-hybridized carbons (Fsp3) is 0.167. The molecule has 0 aliphatic carbocycles. The Balaban J connectivity index is 1.75. The van der Waals surface area contributed by atoms with Gasteiger partial charge in [-0.2, -0.15) is 0 Å². The lowest BCUT2D eigenvalue weighted by Gasteiger charge is -2.21. The molecule has 1 aromatic heterocycles. The molecule has 1 heterocycles. The SMILES string of the molecule is Cc1ccc(-c2nnc(NC(=O)CN(c3ccc(F)c(Cl)c3)S(C)(=O)=O)s2)cc1. The van der Waals surface area contributed by atoms with Crippen molar-refractivity contribution in [2.75, 3.05) is 22.4 Å². The van der Waals surface area contributed by atoms with E-state index in [1.54, 1.807) is 0 Å². The van der Waals surface area contributed by atoms with Crippen LogP contribution in [0.1, 0.15) is 5.56 Å². The van der Waals surface area contributed by atoms with Crippen LogP contribution in [0.25, 0.3) is 10.6 Å². The summed E-state index contributed by atoms with van der Waals surface area (Å²) in [6, 6.07) is 11.1. The molecule has 0 fully saturated rings. The topological polar surface area (TPSA) is 92.3 Å². The number of halogens is 2. The van der Waals surface area contributed by atoms with E-state index in [1.165, 1.54) is 6.07 Å². The largest absolute Gasteiger partial charge is 0.299 e. The van der Waals surface area contributed by atoms with Gasteiger partial charge >= 0.3 is 0 Å². The van der Waals surface area contributed by atoms with Crippen molar-refractivity contribution in [3.63, 3.8) is 0 Å². The van der Waals surface area contributed by atoms with E-state index in [2.05, 4.69) is 15.5 Å². The minimum atomic E-state index is -3.82. The van der Waals surface area contributed by atoms with E-state index in [9.17, 15) is 17.6 Å². The maximum absolute atomic E-state index is 13.4. The summed E-state index contributed by atoms with van der Waals surface area (Å²) >= 11 is 6.89. The average molecular weight is 455 g/mol. The van der Waals surface area contributed by atoms with Crippen LogP contribution in [0.3, 0.4) is 0 Å². The normalized spacial score (nSPS) is 11.3. The molecule has 2 aromatic carbocycles. The molecule has 7 nitrogen and oxygen atoms in total. The minimum absolute atomic E-state index is 0.0756. The second-order valence-electron chi connectivity index (χ2n) is 6.19. The zero-order chi connectivity index (χ0) is 21.2. The molecule has 29 heavy (non-hydrogen) atoms. The number of aryl methyl sites for hydroxylation is 1. The van der Waals surface area contributed by atoms with Gasteiger partial charge in [0.25, 0.3) is 0 Å². The van der Waals surface area contributed by atoms with Crippen LogP contribution in [0.5, 0.6) is 0 Å². The summed E-state index contributed by atoms with van der Waals surface area (Å²) in [6.45, 7) is 1.44. The van der Waals surface area contributed by atoms with Gasteiger partial charge in [0, 0.05) is 5.56 Å². The summed E-state index contributed by atoms with van der Waals surface area (Å²) in [4.78, 5) is 12.4. The van der Waals surface area contributed by atoms with Crippen molar-refractivity contribution in [3.8, 4) is 10.6 Å². The highest BCUT2D eigenvalue weighted by atomic mass is 35.5. The number of nitrogens with zero attached hydrogens (tertiary/aromatic N) is 3. The molecular weight excluding hydrogens is 439 g/mol. The van der Waals surface area contributed by atoms with E-state index in [0.29, 0.717) is 5.01 Å². The molecule has 1 N–H and O–H groups in total. The molecule has 0 unspecified atom stereocenters. The molecule has 0 atom stereocenters. The molecule has 11 heteroatoms. The molecule has 0 saturated carbocycles. The third kappa shape index (κ3) is 5.28. The van der Waals surface area contributed by atoms with Crippen LogP contribution in [-0.2, 0) is 14.8 Å². The highest BCUT2D eigenvalue weighted by Crippen LogP contribution is 2.27. The average Bonchev–Trinajstić information content (AvgIpc) is 3.10. The van der Waals surface area contributed by atoms with Crippen molar-refractivity contribution in [1.82, 2.24) is 10.2 Å². The predicted molar refractivity (Wildman–Crippen MR) is 112 cm³/mol. The zero-order valence-electron chi connectivity index (χ0n) is 15.4. The van der Waals surface area contributed by atoms with Crippen LogP contribution < -0.4 is 9.62 Å². The van der Waals surface area contributed by atoms with Gasteiger partial charge in [-0.15, -0.1) is 10.2 Å². The minimum Gasteiger partial charge on any atom is -0.299 e. The standard InChI is InChI=1S/C18H16ClFN4O3S2/c1-11-3-5-12(6-4-11)17-22-23-18(28-17)21-16(25)10-24(29(2,26)27)13-7-8-15(20)14(19)9-13/h3-9H,10H2,1-2H3,(H,21,23,25). The zero-order valence-corrected chi connectivity index (χ0v) is 17.8. The quantitative estimate of drug-likeness (QED) is 0.613. The van der Waals surface area contributed by atoms with Crippen LogP contribution in [0, 0.1) is 12.7 Å². The molecule has 0 saturated heterocycles. The van der Waals surface area contributed by atoms with Gasteiger partial charge in [-0.3, -0.25) is 14.4 Å². The molecule has 1 amide bonds. The van der Waals surface area contributed by atoms with E-state index in [-0.39, 0.29) is 15.8 Å². The number of anilines is 2. The number of carbonyl (C=O) groups is 1. The third-order valence-corrected chi connectivity index (χ3v) is 6.17. The van der Waals surface area contributed by atoms with E-state index in [1.807, 2.05) is 31.2 Å². The Hall–Kier alpha value is -2.56. The Morgan fingerprint density at radius 3 is 2.52 bits per heavy atom. The first kappa shape index (κ1) is 21.2. The number of amides is 1. The number of benzene rings is 2. The summed E-state index contributed by atoms with van der Waals surface area (Å²) < 4.78 is 38.4. The van der Waals surface area contributed by atoms with Crippen LogP contribution in [0.4, 0.5) is 15.2 Å². The molecule has 3 rings (SSSR count). The van der Waals surface area contributed by atoms with Gasteiger partial charge in [-0.05, 0) is 25.1 Å². The number of sulfonamides is 1. The van der Waals surface area contributed by atoms with E-state index in [0.717, 1.165) is 45.2 Å². The first-order chi connectivity index (χ1) is 13.6. The molecule has 3 aromatic rings. The van der Waals surface area contributed by atoms with Crippen LogP contribution in [-0.4, -0.2) is 37.3 Å². The van der Waals surface area contributed by atoms with Crippen LogP contribution in [0.2, 0.25) is 5.02 Å². The summed E-state index contributed by atoms with van der Waals surface area (Å²) in [5.74, 6) is -1.31. The Morgan fingerprint density at radius 2 is 1.90 bits per heavy atom. The first-order valence-corrected chi connectivity index (χ1v) is 11.3. The second-order valence-corrected chi connectivity index (χ2v) is 9.49. The lowest BCUT2D eigenvalue weighted by atomic mass is 10.2. The van der Waals surface area contributed by atoms with Gasteiger partial charge in [0.15, 0.2) is 0 Å². The van der Waals surface area contributed by atoms with Gasteiger partial charge in [-0.25, -0.2) is 12.8 Å². The molecule has 0 spiro atoms. The van der Waals surface area contributed by atoms with Crippen LogP contribution >= 0.6 is 22.9 Å². The predicted octanol–water partition coefficient (Wildman–Crippen LogP) is 3.71. The Morgan fingerprint density at radius 1 is 1.21 bits per heavy atom. The number of hydrogen-bond acceptors (Lipinski definition) is 6. The molecule has 0 radical (unpaired) electrons. The van der Waals surface area contributed by atoms with E-state index >= 15 is 0 Å². The fourth-order valence-corrected chi connectivity index (χ4v) is 4.20. The van der Waals surface area contributed by atoms with Crippen molar-refractivity contribution >= 4 is 49.7 Å². The van der Waals surface area contributed by atoms with Crippen LogP contribution in [0.15, 0.2) is 42.5 Å². The smallest absolute Gasteiger partial charge is 0.246 e. The van der Waals surface area contributed by atoms with E-state index in [4.69, 9.17) is 11.6 Å². The third-order valence-electron chi connectivity index (χ3n) is 3.85. The van der Waals surface area contributed by atoms with Crippen molar-refractivity contribution in [2.45, 2.75) is 6.92 Å². The van der Waals surface area contributed by atoms with Gasteiger partial charge in [0.05, 0.1) is 17.0 Å². The highest BCUT2D eigenvalue weighted by molar-refractivity contribution is 7.92.